The molecule has 9 heteroatoms. The fourth-order valence-corrected chi connectivity index (χ4v) is 4.88. The summed E-state index contributed by atoms with van der Waals surface area (Å²) in [5.41, 5.74) is 5.80. The second-order valence-electron chi connectivity index (χ2n) is 10.3. The number of ether oxygens (including phenoxy) is 1. The average molecular weight is 619 g/mol. The zero-order valence-electron chi connectivity index (χ0n) is 26.4. The van der Waals surface area contributed by atoms with Crippen molar-refractivity contribution in [1.82, 2.24) is 19.7 Å². The smallest absolute Gasteiger partial charge is 0.528 e. The maximum atomic E-state index is 13.8. The van der Waals surface area contributed by atoms with Gasteiger partial charge in [0.25, 0.3) is 5.56 Å². The van der Waals surface area contributed by atoms with E-state index >= 15 is 0 Å². The van der Waals surface area contributed by atoms with Crippen LogP contribution in [-0.2, 0) is 17.7 Å². The zero-order valence-corrected chi connectivity index (χ0v) is 29.5. The van der Waals surface area contributed by atoms with Crippen LogP contribution in [0.5, 0.6) is 6.08 Å². The molecule has 2 aromatic carbocycles. The Balaban J connectivity index is 0.000000689. The van der Waals surface area contributed by atoms with E-state index in [2.05, 4.69) is 40.7 Å². The van der Waals surface area contributed by atoms with Gasteiger partial charge < -0.3 is 14.4 Å². The van der Waals surface area contributed by atoms with Crippen LogP contribution in [0.15, 0.2) is 88.2 Å². The molecule has 0 atom stereocenters. The van der Waals surface area contributed by atoms with Gasteiger partial charge in [-0.25, -0.2) is 9.97 Å². The number of hydrogen-bond acceptors (Lipinski definition) is 7. The van der Waals surface area contributed by atoms with Gasteiger partial charge in [-0.15, -0.1) is 0 Å². The van der Waals surface area contributed by atoms with Gasteiger partial charge in [-0.3, -0.25) is 9.36 Å². The molecule has 5 rings (SSSR count). The molecule has 2 heterocycles. The SMILES string of the molecule is CCCCOC.CCCc1nc(C)c(C2=CC=CCC=C2)c(=O)n1Cc1ccc(-c2ccccc2-c2noc([O-])n2)cc1.[K+]. The third-order valence-electron chi connectivity index (χ3n) is 7.06. The van der Waals surface area contributed by atoms with E-state index in [4.69, 9.17) is 9.72 Å². The molecular formula is C35H39KN4O4. The van der Waals surface area contributed by atoms with Crippen molar-refractivity contribution in [2.45, 2.75) is 59.4 Å². The summed E-state index contributed by atoms with van der Waals surface area (Å²) in [5, 5.41) is 15.2. The maximum Gasteiger partial charge on any atom is 1.00 e. The van der Waals surface area contributed by atoms with E-state index in [1.165, 1.54) is 12.8 Å². The summed E-state index contributed by atoms with van der Waals surface area (Å²) >= 11 is 0. The average Bonchev–Trinajstić information content (AvgIpc) is 3.28. The molecule has 0 aliphatic heterocycles. The predicted molar refractivity (Wildman–Crippen MR) is 169 cm³/mol. The van der Waals surface area contributed by atoms with Crippen LogP contribution in [0, 0.1) is 6.92 Å². The number of benzene rings is 2. The van der Waals surface area contributed by atoms with Gasteiger partial charge in [-0.05, 0) is 48.4 Å². The predicted octanol–water partition coefficient (Wildman–Crippen LogP) is 3.68. The van der Waals surface area contributed by atoms with Crippen LogP contribution in [0.2, 0.25) is 0 Å². The first-order valence-corrected chi connectivity index (χ1v) is 14.8. The molecule has 0 N–H and O–H groups in total. The topological polar surface area (TPSA) is 106 Å². The molecule has 0 saturated heterocycles. The molecule has 1 aliphatic rings. The van der Waals surface area contributed by atoms with Crippen molar-refractivity contribution in [2.24, 2.45) is 0 Å². The van der Waals surface area contributed by atoms with Gasteiger partial charge in [0.15, 0.2) is 11.9 Å². The van der Waals surface area contributed by atoms with E-state index < -0.39 is 6.08 Å². The van der Waals surface area contributed by atoms with E-state index in [0.717, 1.165) is 59.7 Å². The molecule has 2 aromatic heterocycles. The number of aryl methyl sites for hydroxylation is 2. The number of aromatic nitrogens is 4. The first-order chi connectivity index (χ1) is 21.0. The summed E-state index contributed by atoms with van der Waals surface area (Å²) in [6, 6.07) is 15.6. The van der Waals surface area contributed by atoms with Crippen LogP contribution in [0.1, 0.15) is 62.2 Å². The van der Waals surface area contributed by atoms with Crippen molar-refractivity contribution in [1.29, 1.82) is 0 Å². The Labute approximate surface area is 302 Å². The molecule has 0 bridgehead atoms. The molecule has 0 fully saturated rings. The third kappa shape index (κ3) is 9.29. The van der Waals surface area contributed by atoms with Crippen LogP contribution in [0.3, 0.4) is 0 Å². The first-order valence-electron chi connectivity index (χ1n) is 14.8. The number of rotatable bonds is 10. The van der Waals surface area contributed by atoms with Crippen molar-refractivity contribution in [3.63, 3.8) is 0 Å². The Morgan fingerprint density at radius 3 is 2.39 bits per heavy atom. The van der Waals surface area contributed by atoms with Crippen LogP contribution in [0.25, 0.3) is 28.1 Å². The normalized spacial score (nSPS) is 12.1. The van der Waals surface area contributed by atoms with E-state index in [9.17, 15) is 9.90 Å². The molecular weight excluding hydrogens is 580 g/mol. The van der Waals surface area contributed by atoms with Crippen molar-refractivity contribution in [2.75, 3.05) is 13.7 Å². The van der Waals surface area contributed by atoms with Gasteiger partial charge >= 0.3 is 51.4 Å². The third-order valence-corrected chi connectivity index (χ3v) is 7.06. The van der Waals surface area contributed by atoms with Gasteiger partial charge in [0.05, 0.1) is 17.8 Å². The Hall–Kier alpha value is -2.92. The molecule has 8 nitrogen and oxygen atoms in total. The second kappa shape index (κ2) is 18.1. The summed E-state index contributed by atoms with van der Waals surface area (Å²) in [7, 11) is 1.73. The van der Waals surface area contributed by atoms with Gasteiger partial charge in [0.2, 0.25) is 0 Å². The molecule has 4 aromatic rings. The van der Waals surface area contributed by atoms with E-state index in [1.54, 1.807) is 11.7 Å². The van der Waals surface area contributed by atoms with Crippen LogP contribution in [-0.4, -0.2) is 33.4 Å². The molecule has 0 radical (unpaired) electrons. The number of allylic oxidation sites excluding steroid dienone is 6. The van der Waals surface area contributed by atoms with Crippen molar-refractivity contribution >= 4 is 5.57 Å². The fraction of sp³-hybridized carbons (Fsp3) is 0.314. The fourth-order valence-electron chi connectivity index (χ4n) is 4.88. The van der Waals surface area contributed by atoms with Gasteiger partial charge in [0, 0.05) is 25.7 Å². The second-order valence-corrected chi connectivity index (χ2v) is 10.3. The minimum Gasteiger partial charge on any atom is -0.528 e. The Morgan fingerprint density at radius 1 is 1.00 bits per heavy atom. The van der Waals surface area contributed by atoms with Crippen LogP contribution in [0.4, 0.5) is 0 Å². The number of methoxy groups -OCH3 is 1. The van der Waals surface area contributed by atoms with Gasteiger partial charge in [0.1, 0.15) is 5.82 Å². The molecule has 44 heavy (non-hydrogen) atoms. The van der Waals surface area contributed by atoms with E-state index in [1.807, 2.05) is 73.7 Å². The van der Waals surface area contributed by atoms with Crippen molar-refractivity contribution in [3.05, 3.63) is 112 Å². The molecule has 224 valence electrons. The molecule has 0 amide bonds. The summed E-state index contributed by atoms with van der Waals surface area (Å²) in [6.45, 7) is 7.49. The molecule has 1 aliphatic carbocycles. The Morgan fingerprint density at radius 2 is 1.75 bits per heavy atom. The van der Waals surface area contributed by atoms with Gasteiger partial charge in [-0.1, -0.05) is 99.2 Å². The molecule has 0 saturated carbocycles. The number of hydrogen-bond donors (Lipinski definition) is 0. The minimum absolute atomic E-state index is 0. The standard InChI is InChI=1S/C30H28N4O3.C5H12O.K/c1-3-10-26-31-20(2)27(23-11-6-4-5-7-12-23)29(35)34(26)19-21-15-17-22(18-16-21)24-13-8-9-14-25(24)28-32-30(36)37-33-28;1-3-4-5-6-2;/h4,6-9,11-18H,3,5,10,19H2,1-2H3,(H,32,33,36);3-5H2,1-2H3;/q;;+1/p-1. The zero-order chi connectivity index (χ0) is 30.6. The molecule has 0 unspecified atom stereocenters. The van der Waals surface area contributed by atoms with Crippen LogP contribution < -0.4 is 62.1 Å². The largest absolute Gasteiger partial charge is 1.00 e. The number of unbranched alkanes of at least 4 members (excludes halogenated alkanes) is 1. The van der Waals surface area contributed by atoms with Gasteiger partial charge in [-0.2, -0.15) is 5.16 Å². The van der Waals surface area contributed by atoms with E-state index in [0.29, 0.717) is 17.7 Å². The quantitative estimate of drug-likeness (QED) is 0.197. The minimum atomic E-state index is -0.717. The Kier molecular flexibility index (Phi) is 14.7. The monoisotopic (exact) mass is 618 g/mol. The number of nitrogens with zero attached hydrogens (tertiary/aromatic N) is 4. The van der Waals surface area contributed by atoms with E-state index in [-0.39, 0.29) is 62.8 Å². The van der Waals surface area contributed by atoms with Crippen molar-refractivity contribution in [3.8, 4) is 28.6 Å². The summed E-state index contributed by atoms with van der Waals surface area (Å²) in [6.07, 6.45) is 14.3. The Bertz CT molecular complexity index is 1650. The van der Waals surface area contributed by atoms with Crippen LogP contribution >= 0.6 is 0 Å². The first kappa shape index (κ1) is 35.6. The molecule has 0 spiro atoms. The van der Waals surface area contributed by atoms with Crippen molar-refractivity contribution < 1.29 is 65.8 Å². The summed E-state index contributed by atoms with van der Waals surface area (Å²) < 4.78 is 11.2. The summed E-state index contributed by atoms with van der Waals surface area (Å²) in [5.74, 6) is 1.05. The maximum absolute atomic E-state index is 13.8. The summed E-state index contributed by atoms with van der Waals surface area (Å²) in [4.78, 5) is 22.5.